The highest BCUT2D eigenvalue weighted by Crippen LogP contribution is 2.33. The molecule has 76 valence electrons. The van der Waals surface area contributed by atoms with E-state index in [1.807, 2.05) is 0 Å². The number of hydrogen-bond acceptors (Lipinski definition) is 5. The summed E-state index contributed by atoms with van der Waals surface area (Å²) in [4.78, 5) is 8.14. The number of aliphatic hydroxyl groups excluding tert-OH is 1. The second-order valence-corrected chi connectivity index (χ2v) is 3.34. The summed E-state index contributed by atoms with van der Waals surface area (Å²) in [5, 5.41) is 12.1. The molecule has 2 atom stereocenters. The molecule has 0 amide bonds. The van der Waals surface area contributed by atoms with Crippen LogP contribution in [-0.4, -0.2) is 34.8 Å². The third-order valence-corrected chi connectivity index (χ3v) is 2.34. The summed E-state index contributed by atoms with van der Waals surface area (Å²) in [6.45, 7) is 0.222. The van der Waals surface area contributed by atoms with Crippen LogP contribution in [0.4, 0.5) is 5.82 Å². The lowest BCUT2D eigenvalue weighted by molar-refractivity contribution is 0.275. The molecule has 2 rings (SSSR count). The van der Waals surface area contributed by atoms with E-state index in [9.17, 15) is 0 Å². The van der Waals surface area contributed by atoms with E-state index < -0.39 is 0 Å². The Kier molecular flexibility index (Phi) is 2.49. The molecule has 0 unspecified atom stereocenters. The van der Waals surface area contributed by atoms with Gasteiger partial charge in [0.1, 0.15) is 0 Å². The van der Waals surface area contributed by atoms with Gasteiger partial charge in [-0.3, -0.25) is 0 Å². The average Bonchev–Trinajstić information content (AvgIpc) is 2.97. The monoisotopic (exact) mass is 195 g/mol. The van der Waals surface area contributed by atoms with Crippen molar-refractivity contribution in [1.29, 1.82) is 0 Å². The fourth-order valence-corrected chi connectivity index (χ4v) is 1.38. The van der Waals surface area contributed by atoms with Crippen molar-refractivity contribution >= 4 is 5.82 Å². The Hall–Kier alpha value is -1.36. The lowest BCUT2D eigenvalue weighted by Gasteiger charge is -2.07. The van der Waals surface area contributed by atoms with E-state index >= 15 is 0 Å². The van der Waals surface area contributed by atoms with Crippen LogP contribution in [0.3, 0.4) is 0 Å². The summed E-state index contributed by atoms with van der Waals surface area (Å²) in [6, 6.07) is 0.311. The number of hydrogen-bond donors (Lipinski definition) is 2. The smallest absolute Gasteiger partial charge is 0.257 e. The van der Waals surface area contributed by atoms with Gasteiger partial charge in [-0.05, 0) is 6.42 Å². The third-order valence-electron chi connectivity index (χ3n) is 2.34. The van der Waals surface area contributed by atoms with Gasteiger partial charge in [0.05, 0.1) is 7.11 Å². The Labute approximate surface area is 82.1 Å². The Balaban J connectivity index is 2.02. The molecule has 5 nitrogen and oxygen atoms in total. The molecule has 0 bridgehead atoms. The number of rotatable bonds is 4. The summed E-state index contributed by atoms with van der Waals surface area (Å²) in [5.74, 6) is 1.49. The normalized spacial score (nSPS) is 24.4. The van der Waals surface area contributed by atoms with Crippen molar-refractivity contribution in [1.82, 2.24) is 9.97 Å². The van der Waals surface area contributed by atoms with E-state index in [0.717, 1.165) is 6.42 Å². The summed E-state index contributed by atoms with van der Waals surface area (Å²) in [7, 11) is 1.56. The highest BCUT2D eigenvalue weighted by molar-refractivity contribution is 5.46. The van der Waals surface area contributed by atoms with Gasteiger partial charge < -0.3 is 15.2 Å². The van der Waals surface area contributed by atoms with Crippen molar-refractivity contribution in [2.75, 3.05) is 19.0 Å². The molecule has 1 aromatic heterocycles. The van der Waals surface area contributed by atoms with E-state index in [1.165, 1.54) is 0 Å². The van der Waals surface area contributed by atoms with Crippen molar-refractivity contribution in [3.05, 3.63) is 12.4 Å². The predicted octanol–water partition coefficient (Wildman–Crippen LogP) is 0.278. The molecule has 5 heteroatoms. The summed E-state index contributed by atoms with van der Waals surface area (Å²) < 4.78 is 5.04. The number of methoxy groups -OCH3 is 1. The maximum Gasteiger partial charge on any atom is 0.257 e. The molecule has 0 saturated heterocycles. The van der Waals surface area contributed by atoms with Crippen LogP contribution < -0.4 is 10.1 Å². The lowest BCUT2D eigenvalue weighted by atomic mass is 10.4. The van der Waals surface area contributed by atoms with Crippen LogP contribution in [0.5, 0.6) is 5.88 Å². The van der Waals surface area contributed by atoms with Crippen LogP contribution in [-0.2, 0) is 0 Å². The van der Waals surface area contributed by atoms with Gasteiger partial charge in [0.25, 0.3) is 5.88 Å². The minimum Gasteiger partial charge on any atom is -0.478 e. The number of anilines is 1. The maximum absolute atomic E-state index is 8.87. The van der Waals surface area contributed by atoms with Crippen LogP contribution in [0.1, 0.15) is 6.42 Å². The van der Waals surface area contributed by atoms with E-state index in [4.69, 9.17) is 9.84 Å². The number of aliphatic hydroxyl groups is 1. The lowest BCUT2D eigenvalue weighted by Crippen LogP contribution is -2.09. The SMILES string of the molecule is COc1nccnc1N[C@@H]1C[C@H]1CO. The van der Waals surface area contributed by atoms with Gasteiger partial charge in [0.15, 0.2) is 5.82 Å². The minimum absolute atomic E-state index is 0.222. The standard InChI is InChI=1S/C9H13N3O2/c1-14-9-8(10-2-3-11-9)12-7-4-6(7)5-13/h2-3,6-7,13H,4-5H2,1H3,(H,10,12)/t6-,7+/m0/s1. The summed E-state index contributed by atoms with van der Waals surface area (Å²) in [6.07, 6.45) is 4.18. The van der Waals surface area contributed by atoms with Crippen LogP contribution >= 0.6 is 0 Å². The highest BCUT2D eigenvalue weighted by Gasteiger charge is 2.37. The molecule has 0 aromatic carbocycles. The van der Waals surface area contributed by atoms with Gasteiger partial charge in [-0.2, -0.15) is 0 Å². The van der Waals surface area contributed by atoms with E-state index in [1.54, 1.807) is 19.5 Å². The first kappa shape index (κ1) is 9.21. The highest BCUT2D eigenvalue weighted by atomic mass is 16.5. The molecule has 1 heterocycles. The van der Waals surface area contributed by atoms with Crippen LogP contribution in [0.25, 0.3) is 0 Å². The zero-order valence-electron chi connectivity index (χ0n) is 7.97. The van der Waals surface area contributed by atoms with Crippen LogP contribution in [0.15, 0.2) is 12.4 Å². The van der Waals surface area contributed by atoms with E-state index in [2.05, 4.69) is 15.3 Å². The first-order valence-corrected chi connectivity index (χ1v) is 4.57. The van der Waals surface area contributed by atoms with Crippen molar-refractivity contribution in [2.45, 2.75) is 12.5 Å². The maximum atomic E-state index is 8.87. The van der Waals surface area contributed by atoms with Crippen molar-refractivity contribution in [3.63, 3.8) is 0 Å². The molecular formula is C9H13N3O2. The summed E-state index contributed by atoms with van der Waals surface area (Å²) in [5.41, 5.74) is 0. The molecule has 1 aromatic rings. The van der Waals surface area contributed by atoms with Gasteiger partial charge in [0.2, 0.25) is 0 Å². The molecule has 1 aliphatic carbocycles. The molecule has 1 aliphatic rings. The topological polar surface area (TPSA) is 67.3 Å². The first-order valence-electron chi connectivity index (χ1n) is 4.57. The van der Waals surface area contributed by atoms with Crippen LogP contribution in [0.2, 0.25) is 0 Å². The second kappa shape index (κ2) is 3.79. The fraction of sp³-hybridized carbons (Fsp3) is 0.556. The van der Waals surface area contributed by atoms with Gasteiger partial charge in [-0.15, -0.1) is 0 Å². The van der Waals surface area contributed by atoms with Gasteiger partial charge in [-0.1, -0.05) is 0 Å². The fourth-order valence-electron chi connectivity index (χ4n) is 1.38. The molecule has 14 heavy (non-hydrogen) atoms. The Bertz CT molecular complexity index is 319. The molecule has 0 aliphatic heterocycles. The number of aromatic nitrogens is 2. The molecule has 2 N–H and O–H groups in total. The number of nitrogens with one attached hydrogen (secondary N) is 1. The van der Waals surface area contributed by atoms with Gasteiger partial charge in [-0.25, -0.2) is 9.97 Å². The number of nitrogens with zero attached hydrogens (tertiary/aromatic N) is 2. The summed E-state index contributed by atoms with van der Waals surface area (Å²) >= 11 is 0. The van der Waals surface area contributed by atoms with E-state index in [-0.39, 0.29) is 6.61 Å². The first-order chi connectivity index (χ1) is 6.85. The molecule has 1 saturated carbocycles. The van der Waals surface area contributed by atoms with Gasteiger partial charge in [0, 0.05) is 31.0 Å². The largest absolute Gasteiger partial charge is 0.478 e. The van der Waals surface area contributed by atoms with Crippen molar-refractivity contribution < 1.29 is 9.84 Å². The molecule has 1 fully saturated rings. The molecule has 0 radical (unpaired) electrons. The molecular weight excluding hydrogens is 182 g/mol. The number of ether oxygens (including phenoxy) is 1. The quantitative estimate of drug-likeness (QED) is 0.722. The Morgan fingerprint density at radius 1 is 1.57 bits per heavy atom. The Morgan fingerprint density at radius 2 is 2.36 bits per heavy atom. The van der Waals surface area contributed by atoms with Crippen molar-refractivity contribution in [3.8, 4) is 5.88 Å². The van der Waals surface area contributed by atoms with E-state index in [0.29, 0.717) is 23.7 Å². The second-order valence-electron chi connectivity index (χ2n) is 3.34. The Morgan fingerprint density at radius 3 is 3.00 bits per heavy atom. The third kappa shape index (κ3) is 1.77. The van der Waals surface area contributed by atoms with Gasteiger partial charge >= 0.3 is 0 Å². The van der Waals surface area contributed by atoms with Crippen LogP contribution in [0, 0.1) is 5.92 Å². The van der Waals surface area contributed by atoms with Crippen molar-refractivity contribution in [2.24, 2.45) is 5.92 Å². The zero-order chi connectivity index (χ0) is 9.97. The minimum atomic E-state index is 0.222. The predicted molar refractivity (Wildman–Crippen MR) is 51.2 cm³/mol. The molecule has 0 spiro atoms. The average molecular weight is 195 g/mol. The zero-order valence-corrected chi connectivity index (χ0v) is 7.97.